The van der Waals surface area contributed by atoms with Crippen LogP contribution in [0.4, 0.5) is 10.5 Å². The number of nitrogens with zero attached hydrogens (tertiary/aromatic N) is 2. The SMILES string of the molecule is Cc1cc(C(=O)NCC2CCN(C(=O)Oc3ccccc3)CC2)ccc1[N+](=O)[O-]. The standard InChI is InChI=1S/C21H23N3O5/c1-15-13-17(7-8-19(15)24(27)28)20(25)22-14-16-9-11-23(12-10-16)21(26)29-18-5-3-2-4-6-18/h2-8,13,16H,9-12,14H2,1H3,(H,22,25). The first-order valence-electron chi connectivity index (χ1n) is 9.49. The van der Waals surface area contributed by atoms with Crippen molar-refractivity contribution in [3.8, 4) is 5.75 Å². The molecule has 8 heteroatoms. The zero-order valence-electron chi connectivity index (χ0n) is 16.2. The smallest absolute Gasteiger partial charge is 0.410 e. The van der Waals surface area contributed by atoms with Gasteiger partial charge in [-0.25, -0.2) is 4.79 Å². The summed E-state index contributed by atoms with van der Waals surface area (Å²) < 4.78 is 5.35. The van der Waals surface area contributed by atoms with E-state index in [1.54, 1.807) is 24.0 Å². The summed E-state index contributed by atoms with van der Waals surface area (Å²) in [7, 11) is 0. The number of nitrogens with one attached hydrogen (secondary N) is 1. The second-order valence-electron chi connectivity index (χ2n) is 7.08. The topological polar surface area (TPSA) is 102 Å². The highest BCUT2D eigenvalue weighted by atomic mass is 16.6. The maximum Gasteiger partial charge on any atom is 0.415 e. The fourth-order valence-electron chi connectivity index (χ4n) is 3.31. The van der Waals surface area contributed by atoms with Crippen molar-refractivity contribution in [2.75, 3.05) is 19.6 Å². The van der Waals surface area contributed by atoms with Gasteiger partial charge in [-0.15, -0.1) is 0 Å². The summed E-state index contributed by atoms with van der Waals surface area (Å²) in [6.07, 6.45) is 1.17. The van der Waals surface area contributed by atoms with Crippen molar-refractivity contribution in [2.24, 2.45) is 5.92 Å². The Bertz CT molecular complexity index is 892. The molecule has 8 nitrogen and oxygen atoms in total. The molecule has 1 heterocycles. The van der Waals surface area contributed by atoms with Crippen molar-refractivity contribution in [3.05, 3.63) is 69.8 Å². The highest BCUT2D eigenvalue weighted by Gasteiger charge is 2.24. The fourth-order valence-corrected chi connectivity index (χ4v) is 3.31. The minimum absolute atomic E-state index is 0.00342. The highest BCUT2D eigenvalue weighted by Crippen LogP contribution is 2.20. The van der Waals surface area contributed by atoms with Crippen LogP contribution >= 0.6 is 0 Å². The van der Waals surface area contributed by atoms with E-state index in [0.717, 1.165) is 12.8 Å². The first-order valence-corrected chi connectivity index (χ1v) is 9.49. The molecule has 0 saturated carbocycles. The number of hydrogen-bond donors (Lipinski definition) is 1. The van der Waals surface area contributed by atoms with Gasteiger partial charge in [-0.1, -0.05) is 18.2 Å². The predicted molar refractivity (Wildman–Crippen MR) is 107 cm³/mol. The maximum atomic E-state index is 12.3. The Kier molecular flexibility index (Phi) is 6.43. The van der Waals surface area contributed by atoms with Crippen LogP contribution in [-0.2, 0) is 0 Å². The second kappa shape index (κ2) is 9.18. The number of nitro benzene ring substituents is 1. The molecule has 3 rings (SSSR count). The summed E-state index contributed by atoms with van der Waals surface area (Å²) in [5.41, 5.74) is 0.848. The minimum atomic E-state index is -0.465. The lowest BCUT2D eigenvalue weighted by Crippen LogP contribution is -2.42. The molecular weight excluding hydrogens is 374 g/mol. The lowest BCUT2D eigenvalue weighted by atomic mass is 9.97. The van der Waals surface area contributed by atoms with Crippen LogP contribution in [0.3, 0.4) is 0 Å². The second-order valence-corrected chi connectivity index (χ2v) is 7.08. The highest BCUT2D eigenvalue weighted by molar-refractivity contribution is 5.94. The number of piperidine rings is 1. The van der Waals surface area contributed by atoms with E-state index >= 15 is 0 Å². The molecule has 0 unspecified atom stereocenters. The Balaban J connectivity index is 1.45. The summed E-state index contributed by atoms with van der Waals surface area (Å²) in [5, 5.41) is 13.8. The zero-order chi connectivity index (χ0) is 20.8. The van der Waals surface area contributed by atoms with E-state index < -0.39 is 4.92 Å². The summed E-state index contributed by atoms with van der Waals surface area (Å²) in [6, 6.07) is 13.3. The van der Waals surface area contributed by atoms with Gasteiger partial charge in [0.15, 0.2) is 0 Å². The molecule has 0 aliphatic carbocycles. The molecule has 0 atom stereocenters. The average molecular weight is 397 g/mol. The molecule has 2 amide bonds. The van der Waals surface area contributed by atoms with Crippen molar-refractivity contribution in [3.63, 3.8) is 0 Å². The number of hydrogen-bond acceptors (Lipinski definition) is 5. The Morgan fingerprint density at radius 3 is 2.48 bits per heavy atom. The van der Waals surface area contributed by atoms with E-state index in [1.165, 1.54) is 18.2 Å². The number of para-hydroxylation sites is 1. The van der Waals surface area contributed by atoms with Crippen LogP contribution in [0.25, 0.3) is 0 Å². The van der Waals surface area contributed by atoms with Crippen LogP contribution in [0.5, 0.6) is 5.75 Å². The monoisotopic (exact) mass is 397 g/mol. The van der Waals surface area contributed by atoms with Crippen molar-refractivity contribution in [1.29, 1.82) is 0 Å². The number of rotatable bonds is 5. The van der Waals surface area contributed by atoms with Gasteiger partial charge in [0, 0.05) is 36.8 Å². The molecule has 152 valence electrons. The third-order valence-electron chi connectivity index (χ3n) is 5.03. The van der Waals surface area contributed by atoms with Crippen molar-refractivity contribution >= 4 is 17.7 Å². The molecule has 0 spiro atoms. The van der Waals surface area contributed by atoms with Crippen LogP contribution in [0, 0.1) is 23.0 Å². The van der Waals surface area contributed by atoms with Gasteiger partial charge in [0.1, 0.15) is 5.75 Å². The quantitative estimate of drug-likeness (QED) is 0.614. The van der Waals surface area contributed by atoms with Crippen molar-refractivity contribution in [1.82, 2.24) is 10.2 Å². The summed E-state index contributed by atoms with van der Waals surface area (Å²) in [6.45, 7) is 3.25. The van der Waals surface area contributed by atoms with Crippen molar-refractivity contribution in [2.45, 2.75) is 19.8 Å². The predicted octanol–water partition coefficient (Wildman–Crippen LogP) is 3.54. The van der Waals surface area contributed by atoms with Crippen LogP contribution in [0.15, 0.2) is 48.5 Å². The van der Waals surface area contributed by atoms with Crippen LogP contribution < -0.4 is 10.1 Å². The molecule has 2 aromatic carbocycles. The van der Waals surface area contributed by atoms with Gasteiger partial charge in [0.25, 0.3) is 11.6 Å². The van der Waals surface area contributed by atoms with E-state index in [4.69, 9.17) is 4.74 Å². The molecule has 1 fully saturated rings. The van der Waals surface area contributed by atoms with E-state index in [-0.39, 0.29) is 23.6 Å². The molecule has 1 aliphatic heterocycles. The minimum Gasteiger partial charge on any atom is -0.410 e. The first kappa shape index (κ1) is 20.3. The number of carbonyl (C=O) groups excluding carboxylic acids is 2. The van der Waals surface area contributed by atoms with Gasteiger partial charge in [-0.05, 0) is 49.9 Å². The zero-order valence-corrected chi connectivity index (χ0v) is 16.2. The van der Waals surface area contributed by atoms with E-state index in [9.17, 15) is 19.7 Å². The van der Waals surface area contributed by atoms with E-state index in [2.05, 4.69) is 5.32 Å². The van der Waals surface area contributed by atoms with E-state index in [0.29, 0.717) is 36.5 Å². The number of aryl methyl sites for hydroxylation is 1. The molecule has 0 aromatic heterocycles. The first-order chi connectivity index (χ1) is 13.9. The normalized spacial score (nSPS) is 14.3. The number of ether oxygens (including phenoxy) is 1. The molecule has 1 aliphatic rings. The maximum absolute atomic E-state index is 12.3. The average Bonchev–Trinajstić information content (AvgIpc) is 2.72. The van der Waals surface area contributed by atoms with Crippen LogP contribution in [-0.4, -0.2) is 41.5 Å². The third kappa shape index (κ3) is 5.31. The number of nitro groups is 1. The lowest BCUT2D eigenvalue weighted by Gasteiger charge is -2.31. The Morgan fingerprint density at radius 1 is 1.17 bits per heavy atom. The summed E-state index contributed by atoms with van der Waals surface area (Å²) >= 11 is 0. The van der Waals surface area contributed by atoms with Gasteiger partial charge in [-0.3, -0.25) is 14.9 Å². The van der Waals surface area contributed by atoms with Crippen molar-refractivity contribution < 1.29 is 19.2 Å². The van der Waals surface area contributed by atoms with Crippen LogP contribution in [0.2, 0.25) is 0 Å². The number of benzene rings is 2. The molecule has 0 radical (unpaired) electrons. The number of likely N-dealkylation sites (tertiary alicyclic amines) is 1. The Hall–Kier alpha value is -3.42. The van der Waals surface area contributed by atoms with Gasteiger partial charge >= 0.3 is 6.09 Å². The van der Waals surface area contributed by atoms with Gasteiger partial charge in [-0.2, -0.15) is 0 Å². The summed E-state index contributed by atoms with van der Waals surface area (Å²) in [5.74, 6) is 0.526. The third-order valence-corrected chi connectivity index (χ3v) is 5.03. The van der Waals surface area contributed by atoms with E-state index in [1.807, 2.05) is 18.2 Å². The lowest BCUT2D eigenvalue weighted by molar-refractivity contribution is -0.385. The number of carbonyl (C=O) groups is 2. The Morgan fingerprint density at radius 2 is 1.86 bits per heavy atom. The molecule has 2 aromatic rings. The molecule has 1 N–H and O–H groups in total. The van der Waals surface area contributed by atoms with Crippen LogP contribution in [0.1, 0.15) is 28.8 Å². The fraction of sp³-hybridized carbons (Fsp3) is 0.333. The molecule has 1 saturated heterocycles. The molecule has 29 heavy (non-hydrogen) atoms. The Labute approximate surface area is 168 Å². The van der Waals surface area contributed by atoms with Gasteiger partial charge in [0.05, 0.1) is 4.92 Å². The molecule has 0 bridgehead atoms. The van der Waals surface area contributed by atoms with Gasteiger partial charge in [0.2, 0.25) is 0 Å². The van der Waals surface area contributed by atoms with Gasteiger partial charge < -0.3 is 15.0 Å². The summed E-state index contributed by atoms with van der Waals surface area (Å²) in [4.78, 5) is 36.6. The number of amides is 2. The molecular formula is C21H23N3O5. The largest absolute Gasteiger partial charge is 0.415 e.